The Morgan fingerprint density at radius 1 is 1.40 bits per heavy atom. The molecule has 2 fully saturated rings. The van der Waals surface area contributed by atoms with E-state index in [1.807, 2.05) is 13.8 Å². The van der Waals surface area contributed by atoms with Gasteiger partial charge in [0.05, 0.1) is 24.8 Å². The summed E-state index contributed by atoms with van der Waals surface area (Å²) in [6.07, 6.45) is 4.03. The van der Waals surface area contributed by atoms with Gasteiger partial charge in [-0.15, -0.1) is 24.0 Å². The van der Waals surface area contributed by atoms with Crippen LogP contribution in [0.15, 0.2) is 4.99 Å². The highest BCUT2D eigenvalue weighted by molar-refractivity contribution is 14.0. The Balaban J connectivity index is 0.00000200. The standard InChI is InChI=1S/C13H24N4O2.HI/c1-8(2)16-12(18)7-15-13(14-3)17-10-6-9-4-5-11(10)19-9;/h8-11H,4-7H2,1-3H3,(H,16,18)(H2,14,15,17);1H. The topological polar surface area (TPSA) is 74.8 Å². The first-order valence-corrected chi connectivity index (χ1v) is 7.00. The van der Waals surface area contributed by atoms with Gasteiger partial charge < -0.3 is 20.7 Å². The van der Waals surface area contributed by atoms with Crippen LogP contribution in [0.3, 0.4) is 0 Å². The van der Waals surface area contributed by atoms with Gasteiger partial charge in [-0.05, 0) is 33.1 Å². The lowest BCUT2D eigenvalue weighted by Gasteiger charge is -2.22. The van der Waals surface area contributed by atoms with Gasteiger partial charge in [0.1, 0.15) is 0 Å². The largest absolute Gasteiger partial charge is 0.373 e. The van der Waals surface area contributed by atoms with E-state index in [0.717, 1.165) is 12.8 Å². The maximum absolute atomic E-state index is 11.6. The van der Waals surface area contributed by atoms with Gasteiger partial charge in [0.25, 0.3) is 0 Å². The highest BCUT2D eigenvalue weighted by Gasteiger charge is 2.41. The van der Waals surface area contributed by atoms with Crippen LogP contribution >= 0.6 is 24.0 Å². The highest BCUT2D eigenvalue weighted by Crippen LogP contribution is 2.34. The molecule has 3 N–H and O–H groups in total. The molecule has 2 heterocycles. The van der Waals surface area contributed by atoms with Crippen LogP contribution in [-0.2, 0) is 9.53 Å². The fraction of sp³-hybridized carbons (Fsp3) is 0.846. The number of carbonyl (C=O) groups excluding carboxylic acids is 1. The fourth-order valence-electron chi connectivity index (χ4n) is 2.70. The summed E-state index contributed by atoms with van der Waals surface area (Å²) in [6, 6.07) is 0.473. The zero-order chi connectivity index (χ0) is 13.8. The minimum Gasteiger partial charge on any atom is -0.373 e. The minimum atomic E-state index is -0.0258. The van der Waals surface area contributed by atoms with Crippen molar-refractivity contribution < 1.29 is 9.53 Å². The fourth-order valence-corrected chi connectivity index (χ4v) is 2.70. The molecule has 2 bridgehead atoms. The van der Waals surface area contributed by atoms with Crippen LogP contribution in [0.25, 0.3) is 0 Å². The number of guanidine groups is 1. The van der Waals surface area contributed by atoms with Crippen LogP contribution in [0.2, 0.25) is 0 Å². The first kappa shape index (κ1) is 17.5. The van der Waals surface area contributed by atoms with E-state index in [0.29, 0.717) is 24.2 Å². The molecule has 3 unspecified atom stereocenters. The Morgan fingerprint density at radius 2 is 2.15 bits per heavy atom. The molecule has 6 nitrogen and oxygen atoms in total. The number of hydrogen-bond donors (Lipinski definition) is 3. The first-order chi connectivity index (χ1) is 9.08. The molecule has 7 heteroatoms. The number of fused-ring (bicyclic) bond motifs is 2. The summed E-state index contributed by atoms with van der Waals surface area (Å²) in [5.74, 6) is 0.641. The summed E-state index contributed by atoms with van der Waals surface area (Å²) in [4.78, 5) is 15.7. The normalized spacial score (nSPS) is 28.2. The lowest BCUT2D eigenvalue weighted by molar-refractivity contribution is -0.120. The van der Waals surface area contributed by atoms with E-state index in [9.17, 15) is 4.79 Å². The lowest BCUT2D eigenvalue weighted by atomic mass is 9.96. The van der Waals surface area contributed by atoms with Crippen LogP contribution in [0.5, 0.6) is 0 Å². The Kier molecular flexibility index (Phi) is 7.01. The molecule has 2 saturated heterocycles. The van der Waals surface area contributed by atoms with Gasteiger partial charge in [-0.25, -0.2) is 0 Å². The van der Waals surface area contributed by atoms with E-state index in [1.165, 1.54) is 6.42 Å². The average Bonchev–Trinajstić information content (AvgIpc) is 2.95. The SMILES string of the molecule is CN=C(NCC(=O)NC(C)C)NC1CC2CCC1O2.I. The summed E-state index contributed by atoms with van der Waals surface area (Å²) >= 11 is 0. The lowest BCUT2D eigenvalue weighted by Crippen LogP contribution is -2.50. The molecule has 0 spiro atoms. The number of hydrogen-bond acceptors (Lipinski definition) is 3. The van der Waals surface area contributed by atoms with E-state index in [1.54, 1.807) is 7.05 Å². The van der Waals surface area contributed by atoms with Gasteiger partial charge >= 0.3 is 0 Å². The van der Waals surface area contributed by atoms with Crippen molar-refractivity contribution in [3.8, 4) is 0 Å². The molecule has 2 aliphatic heterocycles. The van der Waals surface area contributed by atoms with Crippen molar-refractivity contribution >= 4 is 35.8 Å². The van der Waals surface area contributed by atoms with E-state index < -0.39 is 0 Å². The quantitative estimate of drug-likeness (QED) is 0.370. The van der Waals surface area contributed by atoms with Crippen LogP contribution in [0.1, 0.15) is 33.1 Å². The Hall–Kier alpha value is -0.570. The Morgan fingerprint density at radius 3 is 2.65 bits per heavy atom. The minimum absolute atomic E-state index is 0. The van der Waals surface area contributed by atoms with Crippen LogP contribution in [-0.4, -0.2) is 49.8 Å². The summed E-state index contributed by atoms with van der Waals surface area (Å²) in [5.41, 5.74) is 0. The third kappa shape index (κ3) is 4.76. The second kappa shape index (κ2) is 8.02. The number of nitrogens with zero attached hydrogens (tertiary/aromatic N) is 1. The number of rotatable bonds is 4. The summed E-state index contributed by atoms with van der Waals surface area (Å²) in [6.45, 7) is 4.12. The first-order valence-electron chi connectivity index (χ1n) is 7.00. The maximum Gasteiger partial charge on any atom is 0.239 e. The molecular weight excluding hydrogens is 371 g/mol. The third-order valence-electron chi connectivity index (χ3n) is 3.52. The van der Waals surface area contributed by atoms with Crippen molar-refractivity contribution in [2.45, 2.75) is 57.4 Å². The second-order valence-electron chi connectivity index (χ2n) is 5.51. The van der Waals surface area contributed by atoms with Gasteiger partial charge in [0.2, 0.25) is 5.91 Å². The molecular formula is C13H25IN4O2. The van der Waals surface area contributed by atoms with Crippen molar-refractivity contribution in [1.29, 1.82) is 0 Å². The summed E-state index contributed by atoms with van der Waals surface area (Å²) in [5, 5.41) is 9.21. The van der Waals surface area contributed by atoms with Crippen LogP contribution in [0, 0.1) is 0 Å². The van der Waals surface area contributed by atoms with Crippen LogP contribution in [0.4, 0.5) is 0 Å². The smallest absolute Gasteiger partial charge is 0.239 e. The van der Waals surface area contributed by atoms with Crippen molar-refractivity contribution in [3.05, 3.63) is 0 Å². The zero-order valence-electron chi connectivity index (χ0n) is 12.3. The molecule has 0 radical (unpaired) electrons. The van der Waals surface area contributed by atoms with Gasteiger partial charge in [-0.1, -0.05) is 0 Å². The number of ether oxygens (including phenoxy) is 1. The molecule has 2 rings (SSSR count). The molecule has 20 heavy (non-hydrogen) atoms. The van der Waals surface area contributed by atoms with Gasteiger partial charge in [0.15, 0.2) is 5.96 Å². The molecule has 0 saturated carbocycles. The number of carbonyl (C=O) groups is 1. The predicted molar refractivity (Wildman–Crippen MR) is 89.5 cm³/mol. The van der Waals surface area contributed by atoms with Gasteiger partial charge in [-0.3, -0.25) is 9.79 Å². The number of halogens is 1. The molecule has 0 aromatic heterocycles. The van der Waals surface area contributed by atoms with Crippen LogP contribution < -0.4 is 16.0 Å². The molecule has 0 aromatic rings. The van der Waals surface area contributed by atoms with E-state index in [2.05, 4.69) is 20.9 Å². The van der Waals surface area contributed by atoms with Crippen molar-refractivity contribution in [2.75, 3.05) is 13.6 Å². The molecule has 116 valence electrons. The number of nitrogens with one attached hydrogen (secondary N) is 3. The Bertz CT molecular complexity index is 362. The third-order valence-corrected chi connectivity index (χ3v) is 3.52. The monoisotopic (exact) mass is 396 g/mol. The van der Waals surface area contributed by atoms with E-state index in [4.69, 9.17) is 4.74 Å². The maximum atomic E-state index is 11.6. The summed E-state index contributed by atoms with van der Waals surface area (Å²) in [7, 11) is 1.71. The van der Waals surface area contributed by atoms with Crippen molar-refractivity contribution in [2.24, 2.45) is 4.99 Å². The molecule has 2 aliphatic rings. The zero-order valence-corrected chi connectivity index (χ0v) is 14.6. The predicted octanol–water partition coefficient (Wildman–Crippen LogP) is 0.614. The van der Waals surface area contributed by atoms with E-state index >= 15 is 0 Å². The number of aliphatic imine (C=N–C) groups is 1. The molecule has 0 aromatic carbocycles. The molecule has 0 aliphatic carbocycles. The summed E-state index contributed by atoms with van der Waals surface area (Å²) < 4.78 is 5.78. The van der Waals surface area contributed by atoms with Gasteiger partial charge in [-0.2, -0.15) is 0 Å². The van der Waals surface area contributed by atoms with Crippen molar-refractivity contribution in [3.63, 3.8) is 0 Å². The second-order valence-corrected chi connectivity index (χ2v) is 5.51. The molecule has 3 atom stereocenters. The van der Waals surface area contributed by atoms with E-state index in [-0.39, 0.29) is 42.5 Å². The van der Waals surface area contributed by atoms with Crippen molar-refractivity contribution in [1.82, 2.24) is 16.0 Å². The van der Waals surface area contributed by atoms with Gasteiger partial charge in [0, 0.05) is 13.1 Å². The average molecular weight is 396 g/mol. The molecule has 1 amide bonds. The Labute approximate surface area is 137 Å². The highest BCUT2D eigenvalue weighted by atomic mass is 127. The number of amides is 1.